The highest BCUT2D eigenvalue weighted by atomic mass is 35.5. The van der Waals surface area contributed by atoms with E-state index in [9.17, 15) is 4.79 Å². The number of methoxy groups -OCH3 is 1. The fraction of sp³-hybridized carbons (Fsp3) is 0.0625. The molecule has 0 amide bonds. The van der Waals surface area contributed by atoms with E-state index in [0.29, 0.717) is 21.9 Å². The van der Waals surface area contributed by atoms with E-state index in [2.05, 4.69) is 11.8 Å². The summed E-state index contributed by atoms with van der Waals surface area (Å²) >= 11 is 5.97. The van der Waals surface area contributed by atoms with Crippen LogP contribution in [0.3, 0.4) is 0 Å². The van der Waals surface area contributed by atoms with Gasteiger partial charge >= 0.3 is 0 Å². The fourth-order valence-corrected chi connectivity index (χ4v) is 1.77. The molecule has 0 radical (unpaired) electrons. The number of rotatable bonds is 2. The second-order valence-corrected chi connectivity index (χ2v) is 4.17. The number of benzene rings is 2. The van der Waals surface area contributed by atoms with Crippen LogP contribution in [0.25, 0.3) is 0 Å². The van der Waals surface area contributed by atoms with E-state index in [4.69, 9.17) is 16.3 Å². The predicted molar refractivity (Wildman–Crippen MR) is 75.7 cm³/mol. The number of carbonyl (C=O) groups is 1. The molecule has 19 heavy (non-hydrogen) atoms. The molecule has 0 saturated heterocycles. The van der Waals surface area contributed by atoms with Crippen molar-refractivity contribution in [2.24, 2.45) is 0 Å². The molecule has 0 bridgehead atoms. The van der Waals surface area contributed by atoms with Gasteiger partial charge in [-0.3, -0.25) is 4.79 Å². The largest absolute Gasteiger partial charge is 0.496 e. The minimum absolute atomic E-state index is 0.294. The Morgan fingerprint density at radius 1 is 1.11 bits per heavy atom. The van der Waals surface area contributed by atoms with Gasteiger partial charge in [0.2, 0.25) is 5.78 Å². The number of hydrogen-bond acceptors (Lipinski definition) is 2. The molecule has 94 valence electrons. The lowest BCUT2D eigenvalue weighted by atomic mass is 10.1. The van der Waals surface area contributed by atoms with Gasteiger partial charge in [0.1, 0.15) is 5.75 Å². The van der Waals surface area contributed by atoms with Crippen molar-refractivity contribution in [3.05, 3.63) is 64.7 Å². The molecule has 0 aliphatic heterocycles. The second kappa shape index (κ2) is 6.08. The predicted octanol–water partition coefficient (Wildman–Crippen LogP) is 3.58. The van der Waals surface area contributed by atoms with E-state index in [1.807, 2.05) is 12.1 Å². The number of para-hydroxylation sites is 1. The molecule has 0 saturated carbocycles. The van der Waals surface area contributed by atoms with Gasteiger partial charge in [0.05, 0.1) is 17.7 Å². The summed E-state index contributed by atoms with van der Waals surface area (Å²) in [7, 11) is 1.52. The Morgan fingerprint density at radius 3 is 2.53 bits per heavy atom. The van der Waals surface area contributed by atoms with Crippen LogP contribution in [0.2, 0.25) is 5.02 Å². The van der Waals surface area contributed by atoms with Crippen LogP contribution in [-0.2, 0) is 0 Å². The van der Waals surface area contributed by atoms with Gasteiger partial charge in [-0.05, 0) is 30.2 Å². The molecule has 2 rings (SSSR count). The van der Waals surface area contributed by atoms with Crippen LogP contribution in [0.5, 0.6) is 5.75 Å². The standard InChI is InChI=1S/C16H11ClO2/c1-19-16-9-5-3-7-13(16)15(18)11-10-12-6-2-4-8-14(12)17/h2-9H,1H3. The molecule has 0 aliphatic rings. The van der Waals surface area contributed by atoms with E-state index >= 15 is 0 Å². The minimum atomic E-state index is -0.294. The molecular weight excluding hydrogens is 260 g/mol. The third-order valence-electron chi connectivity index (χ3n) is 2.54. The average Bonchev–Trinajstić information content (AvgIpc) is 2.46. The molecule has 2 aromatic carbocycles. The molecule has 3 heteroatoms. The number of hydrogen-bond donors (Lipinski definition) is 0. The maximum absolute atomic E-state index is 12.0. The SMILES string of the molecule is COc1ccccc1C(=O)C#Cc1ccccc1Cl. The lowest BCUT2D eigenvalue weighted by Crippen LogP contribution is -1.99. The van der Waals surface area contributed by atoms with Crippen molar-refractivity contribution in [1.82, 2.24) is 0 Å². The molecule has 0 atom stereocenters. The van der Waals surface area contributed by atoms with E-state index in [1.54, 1.807) is 36.4 Å². The van der Waals surface area contributed by atoms with Crippen molar-refractivity contribution in [2.75, 3.05) is 7.11 Å². The molecule has 0 N–H and O–H groups in total. The highest BCUT2D eigenvalue weighted by molar-refractivity contribution is 6.31. The molecule has 2 aromatic rings. The van der Waals surface area contributed by atoms with E-state index in [1.165, 1.54) is 7.11 Å². The zero-order valence-electron chi connectivity index (χ0n) is 10.3. The first kappa shape index (κ1) is 13.2. The highest BCUT2D eigenvalue weighted by Gasteiger charge is 2.08. The second-order valence-electron chi connectivity index (χ2n) is 3.76. The van der Waals surface area contributed by atoms with Gasteiger partial charge < -0.3 is 4.74 Å². The van der Waals surface area contributed by atoms with Crippen LogP contribution in [-0.4, -0.2) is 12.9 Å². The Kier molecular flexibility index (Phi) is 4.22. The first-order valence-corrected chi connectivity index (χ1v) is 6.04. The number of Topliss-reactive ketones (excluding diaryl/α,β-unsaturated/α-hetero) is 1. The Morgan fingerprint density at radius 2 is 1.79 bits per heavy atom. The third kappa shape index (κ3) is 3.15. The molecule has 0 unspecified atom stereocenters. The normalized spacial score (nSPS) is 9.37. The maximum atomic E-state index is 12.0. The molecule has 0 heterocycles. The third-order valence-corrected chi connectivity index (χ3v) is 2.87. The van der Waals surface area contributed by atoms with E-state index in [0.717, 1.165) is 0 Å². The van der Waals surface area contributed by atoms with Crippen LogP contribution in [0.4, 0.5) is 0 Å². The Labute approximate surface area is 117 Å². The van der Waals surface area contributed by atoms with Crippen molar-refractivity contribution in [3.8, 4) is 17.6 Å². The highest BCUT2D eigenvalue weighted by Crippen LogP contribution is 2.18. The number of carbonyl (C=O) groups excluding carboxylic acids is 1. The average molecular weight is 271 g/mol. The van der Waals surface area contributed by atoms with E-state index < -0.39 is 0 Å². The van der Waals surface area contributed by atoms with Crippen LogP contribution in [0.15, 0.2) is 48.5 Å². The molecule has 2 nitrogen and oxygen atoms in total. The lowest BCUT2D eigenvalue weighted by molar-refractivity contribution is 0.105. The zero-order chi connectivity index (χ0) is 13.7. The number of halogens is 1. The zero-order valence-corrected chi connectivity index (χ0v) is 11.1. The van der Waals surface area contributed by atoms with Gasteiger partial charge in [-0.15, -0.1) is 0 Å². The summed E-state index contributed by atoms with van der Waals surface area (Å²) in [5.41, 5.74) is 1.08. The summed E-state index contributed by atoms with van der Waals surface area (Å²) in [6.07, 6.45) is 0. The van der Waals surface area contributed by atoms with Gasteiger partial charge in [-0.1, -0.05) is 41.8 Å². The Bertz CT molecular complexity index is 666. The first-order chi connectivity index (χ1) is 9.22. The van der Waals surface area contributed by atoms with Crippen molar-refractivity contribution in [2.45, 2.75) is 0 Å². The van der Waals surface area contributed by atoms with Gasteiger partial charge in [-0.2, -0.15) is 0 Å². The summed E-state index contributed by atoms with van der Waals surface area (Å²) in [5.74, 6) is 5.57. The molecule has 0 aromatic heterocycles. The number of ketones is 1. The Hall–Kier alpha value is -2.24. The Balaban J connectivity index is 2.30. The molecule has 0 aliphatic carbocycles. The minimum Gasteiger partial charge on any atom is -0.496 e. The van der Waals surface area contributed by atoms with Gasteiger partial charge in [0.15, 0.2) is 0 Å². The quantitative estimate of drug-likeness (QED) is 0.616. The molecular formula is C16H11ClO2. The van der Waals surface area contributed by atoms with Crippen molar-refractivity contribution in [3.63, 3.8) is 0 Å². The fourth-order valence-electron chi connectivity index (χ4n) is 1.59. The number of ether oxygens (including phenoxy) is 1. The topological polar surface area (TPSA) is 26.3 Å². The molecule has 0 fully saturated rings. The van der Waals surface area contributed by atoms with Crippen LogP contribution >= 0.6 is 11.6 Å². The van der Waals surface area contributed by atoms with Crippen LogP contribution in [0.1, 0.15) is 15.9 Å². The summed E-state index contributed by atoms with van der Waals surface area (Å²) in [6.45, 7) is 0. The lowest BCUT2D eigenvalue weighted by Gasteiger charge is -2.03. The van der Waals surface area contributed by atoms with Gasteiger partial charge in [-0.25, -0.2) is 0 Å². The van der Waals surface area contributed by atoms with Crippen LogP contribution in [0, 0.1) is 11.8 Å². The summed E-state index contributed by atoms with van der Waals surface area (Å²) < 4.78 is 5.13. The van der Waals surface area contributed by atoms with Gasteiger partial charge in [0, 0.05) is 5.56 Å². The maximum Gasteiger partial charge on any atom is 0.239 e. The first-order valence-electron chi connectivity index (χ1n) is 5.66. The monoisotopic (exact) mass is 270 g/mol. The van der Waals surface area contributed by atoms with Crippen molar-refractivity contribution >= 4 is 17.4 Å². The van der Waals surface area contributed by atoms with E-state index in [-0.39, 0.29) is 5.78 Å². The summed E-state index contributed by atoms with van der Waals surface area (Å²) in [4.78, 5) is 12.0. The molecule has 0 spiro atoms. The van der Waals surface area contributed by atoms with Gasteiger partial charge in [0.25, 0.3) is 0 Å². The van der Waals surface area contributed by atoms with Crippen molar-refractivity contribution in [1.29, 1.82) is 0 Å². The summed E-state index contributed by atoms with van der Waals surface area (Å²) in [5, 5.41) is 0.530. The van der Waals surface area contributed by atoms with Crippen LogP contribution < -0.4 is 4.74 Å². The summed E-state index contributed by atoms with van der Waals surface area (Å²) in [6, 6.07) is 14.1. The smallest absolute Gasteiger partial charge is 0.239 e. The van der Waals surface area contributed by atoms with Crippen molar-refractivity contribution < 1.29 is 9.53 Å².